The fourth-order valence-corrected chi connectivity index (χ4v) is 2.25. The average Bonchev–Trinajstić information content (AvgIpc) is 2.62. The van der Waals surface area contributed by atoms with Gasteiger partial charge in [0.1, 0.15) is 5.82 Å². The second-order valence-electron chi connectivity index (χ2n) is 3.85. The molecule has 1 aromatic carbocycles. The molecule has 1 saturated heterocycles. The van der Waals surface area contributed by atoms with Gasteiger partial charge in [0.15, 0.2) is 0 Å². The van der Waals surface area contributed by atoms with Crippen molar-refractivity contribution >= 4 is 21.8 Å². The summed E-state index contributed by atoms with van der Waals surface area (Å²) in [6, 6.07) is 4.09. The summed E-state index contributed by atoms with van der Waals surface area (Å²) in [6.45, 7) is 0.848. The average molecular weight is 288 g/mol. The van der Waals surface area contributed by atoms with Crippen molar-refractivity contribution in [3.05, 3.63) is 34.1 Å². The molecule has 16 heavy (non-hydrogen) atoms. The van der Waals surface area contributed by atoms with E-state index in [4.69, 9.17) is 0 Å². The molecule has 1 N–H and O–H groups in total. The van der Waals surface area contributed by atoms with Crippen molar-refractivity contribution in [2.24, 2.45) is 0 Å². The Hall–Kier alpha value is -0.940. The summed E-state index contributed by atoms with van der Waals surface area (Å²) in [5.41, 5.74) is 0.306. The van der Waals surface area contributed by atoms with Crippen LogP contribution in [0.4, 0.5) is 4.39 Å². The van der Waals surface area contributed by atoms with E-state index >= 15 is 0 Å². The van der Waals surface area contributed by atoms with E-state index in [0.717, 1.165) is 0 Å². The van der Waals surface area contributed by atoms with E-state index in [1.165, 1.54) is 17.0 Å². The quantitative estimate of drug-likeness (QED) is 0.856. The molecular formula is C11H11BrFNO2. The summed E-state index contributed by atoms with van der Waals surface area (Å²) in [4.78, 5) is 13.5. The number of hydrogen-bond donors (Lipinski definition) is 1. The molecule has 0 spiro atoms. The van der Waals surface area contributed by atoms with E-state index in [1.54, 1.807) is 6.07 Å². The predicted octanol–water partition coefficient (Wildman–Crippen LogP) is 1.79. The van der Waals surface area contributed by atoms with Crippen molar-refractivity contribution in [3.63, 3.8) is 0 Å². The molecule has 1 amide bonds. The van der Waals surface area contributed by atoms with Gasteiger partial charge in [-0.1, -0.05) is 15.9 Å². The number of amides is 1. The summed E-state index contributed by atoms with van der Waals surface area (Å²) < 4.78 is 13.6. The van der Waals surface area contributed by atoms with Gasteiger partial charge in [0.2, 0.25) is 0 Å². The third kappa shape index (κ3) is 2.41. The second kappa shape index (κ2) is 4.51. The van der Waals surface area contributed by atoms with Gasteiger partial charge in [0, 0.05) is 23.1 Å². The van der Waals surface area contributed by atoms with Gasteiger partial charge in [-0.3, -0.25) is 4.79 Å². The van der Waals surface area contributed by atoms with Crippen LogP contribution in [0.15, 0.2) is 22.7 Å². The molecule has 1 aliphatic heterocycles. The van der Waals surface area contributed by atoms with Gasteiger partial charge in [-0.25, -0.2) is 4.39 Å². The van der Waals surface area contributed by atoms with Gasteiger partial charge in [0.25, 0.3) is 5.91 Å². The van der Waals surface area contributed by atoms with Gasteiger partial charge < -0.3 is 10.0 Å². The summed E-state index contributed by atoms with van der Waals surface area (Å²) >= 11 is 3.14. The summed E-state index contributed by atoms with van der Waals surface area (Å²) in [5, 5.41) is 9.33. The van der Waals surface area contributed by atoms with Crippen LogP contribution >= 0.6 is 15.9 Å². The number of aliphatic hydroxyl groups is 1. The van der Waals surface area contributed by atoms with Crippen molar-refractivity contribution < 1.29 is 14.3 Å². The van der Waals surface area contributed by atoms with Crippen molar-refractivity contribution in [1.29, 1.82) is 0 Å². The highest BCUT2D eigenvalue weighted by Crippen LogP contribution is 2.18. The van der Waals surface area contributed by atoms with Gasteiger partial charge in [-0.15, -0.1) is 0 Å². The Morgan fingerprint density at radius 2 is 2.25 bits per heavy atom. The largest absolute Gasteiger partial charge is 0.391 e. The van der Waals surface area contributed by atoms with Crippen LogP contribution < -0.4 is 0 Å². The third-order valence-electron chi connectivity index (χ3n) is 2.56. The number of nitrogens with zero attached hydrogens (tertiary/aromatic N) is 1. The molecule has 1 heterocycles. The van der Waals surface area contributed by atoms with E-state index in [1.807, 2.05) is 0 Å². The van der Waals surface area contributed by atoms with Crippen molar-refractivity contribution in [2.75, 3.05) is 13.1 Å². The Bertz CT molecular complexity index is 404. The van der Waals surface area contributed by atoms with Crippen LogP contribution in [-0.4, -0.2) is 35.1 Å². The molecule has 0 unspecified atom stereocenters. The Morgan fingerprint density at radius 3 is 2.81 bits per heavy atom. The number of carbonyl (C=O) groups is 1. The van der Waals surface area contributed by atoms with Crippen LogP contribution in [0.2, 0.25) is 0 Å². The highest BCUT2D eigenvalue weighted by molar-refractivity contribution is 9.10. The first-order chi connectivity index (χ1) is 7.56. The van der Waals surface area contributed by atoms with Gasteiger partial charge >= 0.3 is 0 Å². The van der Waals surface area contributed by atoms with Gasteiger partial charge in [0.05, 0.1) is 6.10 Å². The SMILES string of the molecule is O=C(c1cc(F)cc(Br)c1)N1CC[C@@H](O)C1. The summed E-state index contributed by atoms with van der Waals surface area (Å²) in [5.74, 6) is -0.686. The van der Waals surface area contributed by atoms with Crippen LogP contribution in [0.5, 0.6) is 0 Å². The zero-order chi connectivity index (χ0) is 11.7. The maximum atomic E-state index is 13.1. The standard InChI is InChI=1S/C11H11BrFNO2/c12-8-3-7(4-9(13)5-8)11(16)14-2-1-10(15)6-14/h3-5,10,15H,1-2,6H2/t10-/m1/s1. The van der Waals surface area contributed by atoms with Gasteiger partial charge in [-0.05, 0) is 24.6 Å². The normalized spacial score (nSPS) is 20.2. The lowest BCUT2D eigenvalue weighted by Gasteiger charge is -2.15. The Balaban J connectivity index is 2.20. The van der Waals surface area contributed by atoms with E-state index in [0.29, 0.717) is 29.5 Å². The smallest absolute Gasteiger partial charge is 0.254 e. The van der Waals surface area contributed by atoms with Gasteiger partial charge in [-0.2, -0.15) is 0 Å². The first-order valence-electron chi connectivity index (χ1n) is 4.99. The molecule has 3 nitrogen and oxygen atoms in total. The van der Waals surface area contributed by atoms with Crippen LogP contribution in [0.25, 0.3) is 0 Å². The number of hydrogen-bond acceptors (Lipinski definition) is 2. The summed E-state index contributed by atoms with van der Waals surface area (Å²) in [6.07, 6.45) is 0.128. The Labute approximate surface area is 101 Å². The topological polar surface area (TPSA) is 40.5 Å². The number of rotatable bonds is 1. The lowest BCUT2D eigenvalue weighted by molar-refractivity contribution is 0.0764. The van der Waals surface area contributed by atoms with Crippen molar-refractivity contribution in [3.8, 4) is 0 Å². The molecule has 2 rings (SSSR count). The molecule has 0 radical (unpaired) electrons. The highest BCUT2D eigenvalue weighted by atomic mass is 79.9. The molecule has 0 bridgehead atoms. The number of β-amino-alcohol motifs (C(OH)–C–C–N with tert-alkyl or cyclic N) is 1. The third-order valence-corrected chi connectivity index (χ3v) is 3.02. The molecule has 5 heteroatoms. The molecule has 0 aliphatic carbocycles. The summed E-state index contributed by atoms with van der Waals surface area (Å²) in [7, 11) is 0. The first-order valence-corrected chi connectivity index (χ1v) is 5.79. The maximum Gasteiger partial charge on any atom is 0.254 e. The number of halogens is 2. The molecule has 1 aliphatic rings. The first kappa shape index (κ1) is 11.5. The molecular weight excluding hydrogens is 277 g/mol. The molecule has 0 saturated carbocycles. The lowest BCUT2D eigenvalue weighted by atomic mass is 10.2. The minimum absolute atomic E-state index is 0.239. The fraction of sp³-hybridized carbons (Fsp3) is 0.364. The molecule has 1 aromatic rings. The molecule has 1 fully saturated rings. The van der Waals surface area contributed by atoms with E-state index in [2.05, 4.69) is 15.9 Å². The molecule has 0 aromatic heterocycles. The fourth-order valence-electron chi connectivity index (χ4n) is 1.79. The predicted molar refractivity (Wildman–Crippen MR) is 60.6 cm³/mol. The zero-order valence-electron chi connectivity index (χ0n) is 8.49. The van der Waals surface area contributed by atoms with E-state index in [-0.39, 0.29) is 5.91 Å². The monoisotopic (exact) mass is 287 g/mol. The maximum absolute atomic E-state index is 13.1. The minimum Gasteiger partial charge on any atom is -0.391 e. The number of benzene rings is 1. The number of likely N-dealkylation sites (tertiary alicyclic amines) is 1. The molecule has 86 valence electrons. The lowest BCUT2D eigenvalue weighted by Crippen LogP contribution is -2.29. The number of carbonyl (C=O) groups excluding carboxylic acids is 1. The Morgan fingerprint density at radius 1 is 1.50 bits per heavy atom. The van der Waals surface area contributed by atoms with Crippen molar-refractivity contribution in [2.45, 2.75) is 12.5 Å². The van der Waals surface area contributed by atoms with Crippen LogP contribution in [0, 0.1) is 5.82 Å². The van der Waals surface area contributed by atoms with Crippen molar-refractivity contribution in [1.82, 2.24) is 4.90 Å². The second-order valence-corrected chi connectivity index (χ2v) is 4.77. The number of aliphatic hydroxyl groups excluding tert-OH is 1. The molecule has 1 atom stereocenters. The van der Waals surface area contributed by atoms with E-state index < -0.39 is 11.9 Å². The van der Waals surface area contributed by atoms with Crippen LogP contribution in [0.1, 0.15) is 16.8 Å². The van der Waals surface area contributed by atoms with Crippen LogP contribution in [0.3, 0.4) is 0 Å². The highest BCUT2D eigenvalue weighted by Gasteiger charge is 2.25. The van der Waals surface area contributed by atoms with E-state index in [9.17, 15) is 14.3 Å². The zero-order valence-corrected chi connectivity index (χ0v) is 10.1. The Kier molecular flexibility index (Phi) is 3.25. The minimum atomic E-state index is -0.457. The van der Waals surface area contributed by atoms with Crippen LogP contribution in [-0.2, 0) is 0 Å².